The number of nitrogens with two attached hydrogens (primary N) is 1. The number of aliphatic hydroxyl groups excluding tert-OH is 1. The molecule has 0 bridgehead atoms. The van der Waals surface area contributed by atoms with Gasteiger partial charge in [0.25, 0.3) is 0 Å². The summed E-state index contributed by atoms with van der Waals surface area (Å²) in [5.74, 6) is -0.894. The van der Waals surface area contributed by atoms with Crippen molar-refractivity contribution in [1.82, 2.24) is 4.90 Å². The summed E-state index contributed by atoms with van der Waals surface area (Å²) in [6.45, 7) is 1.70. The van der Waals surface area contributed by atoms with E-state index in [1.807, 2.05) is 0 Å². The van der Waals surface area contributed by atoms with Crippen molar-refractivity contribution >= 4 is 15.7 Å². The molecule has 0 fully saturated rings. The Hall–Kier alpha value is -0.700. The summed E-state index contributed by atoms with van der Waals surface area (Å²) in [5.41, 5.74) is 4.91. The summed E-state index contributed by atoms with van der Waals surface area (Å²) in [4.78, 5) is 12.3. The first-order chi connectivity index (χ1) is 8.41. The Balaban J connectivity index is 4.10. The van der Waals surface area contributed by atoms with Crippen molar-refractivity contribution in [3.05, 3.63) is 0 Å². The van der Waals surface area contributed by atoms with Crippen LogP contribution >= 0.6 is 0 Å². The van der Waals surface area contributed by atoms with Crippen LogP contribution in [0.25, 0.3) is 0 Å². The van der Waals surface area contributed by atoms with Gasteiger partial charge in [-0.25, -0.2) is 8.42 Å². The topological polar surface area (TPSA) is 110 Å². The van der Waals surface area contributed by atoms with Crippen molar-refractivity contribution in [3.63, 3.8) is 0 Å². The van der Waals surface area contributed by atoms with Crippen molar-refractivity contribution in [2.75, 3.05) is 51.5 Å². The Morgan fingerprint density at radius 2 is 1.94 bits per heavy atom. The van der Waals surface area contributed by atoms with Crippen LogP contribution in [0.1, 0.15) is 6.42 Å². The van der Waals surface area contributed by atoms with Crippen LogP contribution in [0.2, 0.25) is 0 Å². The lowest BCUT2D eigenvalue weighted by atomic mass is 10.5. The van der Waals surface area contributed by atoms with Crippen LogP contribution in [-0.4, -0.2) is 75.8 Å². The number of aliphatic hydroxyl groups is 1. The Morgan fingerprint density at radius 1 is 1.28 bits per heavy atom. The molecule has 0 aromatic heterocycles. The third-order valence-corrected chi connectivity index (χ3v) is 4.04. The van der Waals surface area contributed by atoms with Gasteiger partial charge in [-0.2, -0.15) is 0 Å². The van der Waals surface area contributed by atoms with Crippen LogP contribution in [-0.2, 0) is 19.4 Å². The van der Waals surface area contributed by atoms with E-state index in [1.165, 1.54) is 0 Å². The van der Waals surface area contributed by atoms with E-state index in [0.29, 0.717) is 26.2 Å². The minimum atomic E-state index is -3.28. The van der Waals surface area contributed by atoms with Crippen LogP contribution in [0.4, 0.5) is 0 Å². The first kappa shape index (κ1) is 17.3. The molecular weight excluding hydrogens is 260 g/mol. The van der Waals surface area contributed by atoms with Gasteiger partial charge in [-0.15, -0.1) is 0 Å². The predicted octanol–water partition coefficient (Wildman–Crippen LogP) is -1.78. The fourth-order valence-corrected chi connectivity index (χ4v) is 2.58. The molecule has 0 saturated carbocycles. The quantitative estimate of drug-likeness (QED) is 0.463. The molecule has 0 radical (unpaired) electrons. The highest BCUT2D eigenvalue weighted by Crippen LogP contribution is 1.97. The fourth-order valence-electron chi connectivity index (χ4n) is 1.32. The molecule has 1 amide bonds. The highest BCUT2D eigenvalue weighted by Gasteiger charge is 2.14. The summed E-state index contributed by atoms with van der Waals surface area (Å²) in [5, 5.41) is 8.85. The van der Waals surface area contributed by atoms with E-state index in [0.717, 1.165) is 0 Å². The zero-order valence-corrected chi connectivity index (χ0v) is 11.5. The Bertz CT molecular complexity index is 331. The van der Waals surface area contributed by atoms with Crippen molar-refractivity contribution in [1.29, 1.82) is 0 Å². The molecule has 18 heavy (non-hydrogen) atoms. The van der Waals surface area contributed by atoms with Gasteiger partial charge in [0.05, 0.1) is 24.7 Å². The molecule has 0 rings (SSSR count). The van der Waals surface area contributed by atoms with Gasteiger partial charge in [0.2, 0.25) is 5.91 Å². The van der Waals surface area contributed by atoms with E-state index >= 15 is 0 Å². The van der Waals surface area contributed by atoms with Gasteiger partial charge in [-0.1, -0.05) is 0 Å². The maximum Gasteiger partial charge on any atom is 0.218 e. The molecule has 0 aliphatic carbocycles. The van der Waals surface area contributed by atoms with Crippen molar-refractivity contribution in [2.24, 2.45) is 5.73 Å². The van der Waals surface area contributed by atoms with Crippen LogP contribution in [0.15, 0.2) is 0 Å². The molecule has 0 atom stereocenters. The fraction of sp³-hybridized carbons (Fsp3) is 0.900. The number of hydrogen-bond acceptors (Lipinski definition) is 6. The lowest BCUT2D eigenvalue weighted by molar-refractivity contribution is -0.117. The van der Waals surface area contributed by atoms with Gasteiger partial charge < -0.3 is 15.6 Å². The highest BCUT2D eigenvalue weighted by molar-refractivity contribution is 7.91. The maximum absolute atomic E-state index is 11.6. The van der Waals surface area contributed by atoms with E-state index in [1.54, 1.807) is 12.0 Å². The Kier molecular flexibility index (Phi) is 8.90. The average Bonchev–Trinajstić information content (AvgIpc) is 2.30. The van der Waals surface area contributed by atoms with Crippen LogP contribution < -0.4 is 5.73 Å². The molecule has 0 unspecified atom stereocenters. The number of hydrogen-bond donors (Lipinski definition) is 2. The molecule has 0 aromatic rings. The molecule has 3 N–H and O–H groups in total. The summed E-state index contributed by atoms with van der Waals surface area (Å²) in [7, 11) is -1.72. The predicted molar refractivity (Wildman–Crippen MR) is 67.9 cm³/mol. The summed E-state index contributed by atoms with van der Waals surface area (Å²) in [6.07, 6.45) is -0.152. The van der Waals surface area contributed by atoms with E-state index < -0.39 is 15.7 Å². The number of methoxy groups -OCH3 is 1. The number of ether oxygens (including phenoxy) is 1. The number of amides is 1. The molecule has 0 aromatic carbocycles. The zero-order valence-electron chi connectivity index (χ0n) is 10.7. The van der Waals surface area contributed by atoms with E-state index in [4.69, 9.17) is 15.6 Å². The minimum Gasteiger partial charge on any atom is -0.395 e. The first-order valence-corrected chi connectivity index (χ1v) is 7.54. The van der Waals surface area contributed by atoms with Crippen LogP contribution in [0, 0.1) is 0 Å². The molecule has 108 valence electrons. The second-order valence-electron chi connectivity index (χ2n) is 3.93. The molecule has 0 saturated heterocycles. The highest BCUT2D eigenvalue weighted by atomic mass is 32.2. The molecule has 7 nitrogen and oxygen atoms in total. The lowest BCUT2D eigenvalue weighted by Gasteiger charge is -2.20. The van der Waals surface area contributed by atoms with Gasteiger partial charge in [-0.3, -0.25) is 9.69 Å². The molecule has 0 spiro atoms. The van der Waals surface area contributed by atoms with Crippen molar-refractivity contribution in [3.8, 4) is 0 Å². The van der Waals surface area contributed by atoms with E-state index in [2.05, 4.69) is 0 Å². The summed E-state index contributed by atoms with van der Waals surface area (Å²) < 4.78 is 28.1. The smallest absolute Gasteiger partial charge is 0.218 e. The van der Waals surface area contributed by atoms with Crippen molar-refractivity contribution in [2.45, 2.75) is 6.42 Å². The largest absolute Gasteiger partial charge is 0.395 e. The zero-order chi connectivity index (χ0) is 14.0. The van der Waals surface area contributed by atoms with Gasteiger partial charge in [-0.05, 0) is 0 Å². The number of primary amides is 1. The lowest BCUT2D eigenvalue weighted by Crippen LogP contribution is -2.35. The maximum atomic E-state index is 11.6. The van der Waals surface area contributed by atoms with Crippen molar-refractivity contribution < 1.29 is 23.1 Å². The van der Waals surface area contributed by atoms with Gasteiger partial charge in [0, 0.05) is 33.2 Å². The second-order valence-corrected chi connectivity index (χ2v) is 6.23. The Morgan fingerprint density at radius 3 is 2.44 bits per heavy atom. The third-order valence-electron chi connectivity index (χ3n) is 2.41. The minimum absolute atomic E-state index is 0.0367. The third kappa shape index (κ3) is 9.34. The van der Waals surface area contributed by atoms with Crippen LogP contribution in [0.5, 0.6) is 0 Å². The molecule has 8 heteroatoms. The van der Waals surface area contributed by atoms with Crippen LogP contribution in [0.3, 0.4) is 0 Å². The SMILES string of the molecule is COCCN(CCO)CCS(=O)(=O)CCC(N)=O. The summed E-state index contributed by atoms with van der Waals surface area (Å²) >= 11 is 0. The number of rotatable bonds is 11. The number of nitrogens with zero attached hydrogens (tertiary/aromatic N) is 1. The normalized spacial score (nSPS) is 11.9. The first-order valence-electron chi connectivity index (χ1n) is 5.72. The number of carbonyl (C=O) groups is 1. The van der Waals surface area contributed by atoms with Gasteiger partial charge >= 0.3 is 0 Å². The van der Waals surface area contributed by atoms with Gasteiger partial charge in [0.1, 0.15) is 0 Å². The molecule has 0 heterocycles. The molecule has 0 aliphatic rings. The van der Waals surface area contributed by atoms with Gasteiger partial charge in [0.15, 0.2) is 9.84 Å². The van der Waals surface area contributed by atoms with E-state index in [-0.39, 0.29) is 24.5 Å². The average molecular weight is 282 g/mol. The molecular formula is C10H22N2O5S. The second kappa shape index (κ2) is 9.26. The number of carbonyl (C=O) groups excluding carboxylic acids is 1. The summed E-state index contributed by atoms with van der Waals surface area (Å²) in [6, 6.07) is 0. The standard InChI is InChI=1S/C10H22N2O5S/c1-17-7-4-12(3-6-13)5-9-18(15,16)8-2-10(11)14/h13H,2-9H2,1H3,(H2,11,14). The number of sulfone groups is 1. The van der Waals surface area contributed by atoms with E-state index in [9.17, 15) is 13.2 Å². The monoisotopic (exact) mass is 282 g/mol. The molecule has 0 aliphatic heterocycles. The Labute approximate surface area is 108 Å².